The van der Waals surface area contributed by atoms with Crippen LogP contribution in [0.15, 0.2) is 24.3 Å². The highest BCUT2D eigenvalue weighted by atomic mass is 16.1. The Balaban J connectivity index is 2.17. The van der Waals surface area contributed by atoms with Crippen LogP contribution < -0.4 is 10.6 Å². The third kappa shape index (κ3) is 7.29. The quantitative estimate of drug-likeness (QED) is 0.672. The lowest BCUT2D eigenvalue weighted by atomic mass is 10.1. The van der Waals surface area contributed by atoms with Crippen molar-refractivity contribution in [3.8, 4) is 0 Å². The van der Waals surface area contributed by atoms with E-state index in [0.29, 0.717) is 12.6 Å². The van der Waals surface area contributed by atoms with E-state index < -0.39 is 0 Å². The molecule has 0 aliphatic rings. The van der Waals surface area contributed by atoms with Gasteiger partial charge in [0.1, 0.15) is 0 Å². The normalized spacial score (nSPS) is 12.2. The average molecular weight is 276 g/mol. The fraction of sp³-hybridized carbons (Fsp3) is 0.588. The van der Waals surface area contributed by atoms with Crippen LogP contribution in [0.2, 0.25) is 0 Å². The molecule has 0 radical (unpaired) electrons. The molecule has 0 saturated heterocycles. The minimum Gasteiger partial charge on any atom is -0.325 e. The van der Waals surface area contributed by atoms with E-state index in [2.05, 4.69) is 24.5 Å². The van der Waals surface area contributed by atoms with Crippen LogP contribution in [-0.4, -0.2) is 18.5 Å². The number of rotatable bonds is 9. The predicted octanol–water partition coefficient (Wildman–Crippen LogP) is 3.88. The van der Waals surface area contributed by atoms with Crippen molar-refractivity contribution in [1.82, 2.24) is 5.32 Å². The van der Waals surface area contributed by atoms with E-state index in [1.165, 1.54) is 31.2 Å². The first kappa shape index (κ1) is 16.7. The Hall–Kier alpha value is -1.35. The first-order chi connectivity index (χ1) is 9.61. The molecule has 0 heterocycles. The molecule has 0 saturated carbocycles. The van der Waals surface area contributed by atoms with Crippen LogP contribution in [0.3, 0.4) is 0 Å². The van der Waals surface area contributed by atoms with Gasteiger partial charge in [0.15, 0.2) is 0 Å². The van der Waals surface area contributed by atoms with Gasteiger partial charge in [-0.3, -0.25) is 4.79 Å². The van der Waals surface area contributed by atoms with Crippen LogP contribution in [0.25, 0.3) is 0 Å². The highest BCUT2D eigenvalue weighted by Gasteiger charge is 2.05. The molecule has 0 bridgehead atoms. The summed E-state index contributed by atoms with van der Waals surface area (Å²) in [6.45, 7) is 6.78. The lowest BCUT2D eigenvalue weighted by Gasteiger charge is -2.13. The van der Waals surface area contributed by atoms with E-state index in [4.69, 9.17) is 0 Å². The van der Waals surface area contributed by atoms with Gasteiger partial charge in [0.2, 0.25) is 5.91 Å². The van der Waals surface area contributed by atoms with Crippen LogP contribution in [0.4, 0.5) is 5.69 Å². The number of unbranched alkanes of at least 4 members (excludes halogenated alkanes) is 3. The van der Waals surface area contributed by atoms with Gasteiger partial charge >= 0.3 is 0 Å². The second kappa shape index (κ2) is 9.54. The number of carbonyl (C=O) groups is 1. The van der Waals surface area contributed by atoms with Gasteiger partial charge in [-0.1, -0.05) is 50.3 Å². The summed E-state index contributed by atoms with van der Waals surface area (Å²) in [5.41, 5.74) is 2.06. The zero-order chi connectivity index (χ0) is 14.8. The topological polar surface area (TPSA) is 41.1 Å². The molecule has 1 aromatic rings. The molecule has 1 amide bonds. The van der Waals surface area contributed by atoms with Crippen molar-refractivity contribution in [2.45, 2.75) is 58.9 Å². The molecule has 2 N–H and O–H groups in total. The number of amides is 1. The van der Waals surface area contributed by atoms with Crippen molar-refractivity contribution < 1.29 is 4.79 Å². The highest BCUT2D eigenvalue weighted by molar-refractivity contribution is 5.92. The zero-order valence-corrected chi connectivity index (χ0v) is 13.0. The Morgan fingerprint density at radius 1 is 1.15 bits per heavy atom. The molecular formula is C17H28N2O. The van der Waals surface area contributed by atoms with Gasteiger partial charge < -0.3 is 10.6 Å². The van der Waals surface area contributed by atoms with Gasteiger partial charge in [0.05, 0.1) is 6.54 Å². The summed E-state index contributed by atoms with van der Waals surface area (Å²) in [5, 5.41) is 6.18. The van der Waals surface area contributed by atoms with E-state index in [1.54, 1.807) is 0 Å². The summed E-state index contributed by atoms with van der Waals surface area (Å²) >= 11 is 0. The van der Waals surface area contributed by atoms with Crippen LogP contribution in [0.1, 0.15) is 51.5 Å². The third-order valence-electron chi connectivity index (χ3n) is 3.44. The van der Waals surface area contributed by atoms with Gasteiger partial charge in [-0.2, -0.15) is 0 Å². The van der Waals surface area contributed by atoms with E-state index in [9.17, 15) is 4.79 Å². The molecule has 0 spiro atoms. The van der Waals surface area contributed by atoms with E-state index in [-0.39, 0.29) is 5.91 Å². The summed E-state index contributed by atoms with van der Waals surface area (Å²) in [6.07, 6.45) is 6.23. The van der Waals surface area contributed by atoms with Gasteiger partial charge in [0, 0.05) is 11.7 Å². The molecule has 0 aromatic heterocycles. The van der Waals surface area contributed by atoms with Crippen molar-refractivity contribution in [2.75, 3.05) is 11.9 Å². The molecule has 1 aromatic carbocycles. The monoisotopic (exact) mass is 276 g/mol. The molecule has 3 heteroatoms. The third-order valence-corrected chi connectivity index (χ3v) is 3.44. The molecule has 3 nitrogen and oxygen atoms in total. The maximum absolute atomic E-state index is 11.8. The summed E-state index contributed by atoms with van der Waals surface area (Å²) in [4.78, 5) is 11.8. The van der Waals surface area contributed by atoms with Gasteiger partial charge in [-0.15, -0.1) is 0 Å². The Kier molecular flexibility index (Phi) is 7.97. The van der Waals surface area contributed by atoms with Gasteiger partial charge in [-0.05, 0) is 32.4 Å². The van der Waals surface area contributed by atoms with E-state index >= 15 is 0 Å². The van der Waals surface area contributed by atoms with Gasteiger partial charge in [-0.25, -0.2) is 0 Å². The maximum Gasteiger partial charge on any atom is 0.238 e. The van der Waals surface area contributed by atoms with Crippen molar-refractivity contribution in [3.63, 3.8) is 0 Å². The van der Waals surface area contributed by atoms with E-state index in [0.717, 1.165) is 12.1 Å². The second-order valence-corrected chi connectivity index (χ2v) is 5.55. The molecule has 1 unspecified atom stereocenters. The number of aryl methyl sites for hydroxylation is 1. The lowest BCUT2D eigenvalue weighted by Crippen LogP contribution is -2.34. The fourth-order valence-electron chi connectivity index (χ4n) is 2.09. The number of hydrogen-bond acceptors (Lipinski definition) is 2. The minimum atomic E-state index is 0.0225. The molecule has 20 heavy (non-hydrogen) atoms. The Bertz CT molecular complexity index is 386. The van der Waals surface area contributed by atoms with Crippen molar-refractivity contribution >= 4 is 11.6 Å². The Morgan fingerprint density at radius 3 is 2.50 bits per heavy atom. The number of nitrogens with one attached hydrogen (secondary N) is 2. The van der Waals surface area contributed by atoms with Crippen molar-refractivity contribution in [2.24, 2.45) is 0 Å². The minimum absolute atomic E-state index is 0.0225. The summed E-state index contributed by atoms with van der Waals surface area (Å²) in [6, 6.07) is 8.26. The molecule has 0 aliphatic heterocycles. The average Bonchev–Trinajstić information content (AvgIpc) is 2.44. The summed E-state index contributed by atoms with van der Waals surface area (Å²) < 4.78 is 0. The molecule has 1 atom stereocenters. The number of benzene rings is 1. The van der Waals surface area contributed by atoms with Crippen LogP contribution in [-0.2, 0) is 4.79 Å². The molecule has 0 aliphatic carbocycles. The molecular weight excluding hydrogens is 248 g/mol. The lowest BCUT2D eigenvalue weighted by molar-refractivity contribution is -0.115. The zero-order valence-electron chi connectivity index (χ0n) is 13.0. The maximum atomic E-state index is 11.8. The Labute approximate surface area is 123 Å². The summed E-state index contributed by atoms with van der Waals surface area (Å²) in [5.74, 6) is 0.0225. The van der Waals surface area contributed by atoms with Crippen LogP contribution >= 0.6 is 0 Å². The molecule has 0 fully saturated rings. The standard InChI is InChI=1S/C17H28N2O/c1-4-5-6-7-8-15(3)18-13-17(20)19-16-11-9-14(2)10-12-16/h9-12,15,18H,4-8,13H2,1-3H3,(H,19,20). The first-order valence-electron chi connectivity index (χ1n) is 7.71. The van der Waals surface area contributed by atoms with Crippen LogP contribution in [0, 0.1) is 6.92 Å². The Morgan fingerprint density at radius 2 is 1.85 bits per heavy atom. The van der Waals surface area contributed by atoms with Crippen molar-refractivity contribution in [1.29, 1.82) is 0 Å². The molecule has 112 valence electrons. The highest BCUT2D eigenvalue weighted by Crippen LogP contribution is 2.08. The number of anilines is 1. The van der Waals surface area contributed by atoms with Crippen molar-refractivity contribution in [3.05, 3.63) is 29.8 Å². The molecule has 1 rings (SSSR count). The smallest absolute Gasteiger partial charge is 0.238 e. The fourth-order valence-corrected chi connectivity index (χ4v) is 2.09. The van der Waals surface area contributed by atoms with Crippen LogP contribution in [0.5, 0.6) is 0 Å². The first-order valence-corrected chi connectivity index (χ1v) is 7.71. The van der Waals surface area contributed by atoms with E-state index in [1.807, 2.05) is 31.2 Å². The largest absolute Gasteiger partial charge is 0.325 e. The number of hydrogen-bond donors (Lipinski definition) is 2. The summed E-state index contributed by atoms with van der Waals surface area (Å²) in [7, 11) is 0. The predicted molar refractivity (Wildman–Crippen MR) is 86.0 cm³/mol. The number of carbonyl (C=O) groups excluding carboxylic acids is 1. The van der Waals surface area contributed by atoms with Gasteiger partial charge in [0.25, 0.3) is 0 Å². The second-order valence-electron chi connectivity index (χ2n) is 5.55. The SMILES string of the molecule is CCCCCCC(C)NCC(=O)Nc1ccc(C)cc1.